The number of hydrogen-bond donors (Lipinski definition) is 3. The Hall–Kier alpha value is -5.40. The Balaban J connectivity index is 1.68. The number of carbonyl (C=O) groups is 7. The summed E-state index contributed by atoms with van der Waals surface area (Å²) >= 11 is 0. The maximum absolute atomic E-state index is 14.4. The molecule has 0 radical (unpaired) electrons. The highest BCUT2D eigenvalue weighted by Gasteiger charge is 2.43. The topological polar surface area (TPSA) is 218 Å². The van der Waals surface area contributed by atoms with Crippen LogP contribution in [-0.4, -0.2) is 184 Å². The third-order valence-electron chi connectivity index (χ3n) is 13.0. The fourth-order valence-corrected chi connectivity index (χ4v) is 9.06. The average Bonchev–Trinajstić information content (AvgIpc) is 3.94. The van der Waals surface area contributed by atoms with Crippen LogP contribution in [0.25, 0.3) is 0 Å². The van der Waals surface area contributed by atoms with E-state index in [1.54, 1.807) is 37.8 Å². The Kier molecular flexibility index (Phi) is 24.5. The smallest absolute Gasteiger partial charge is 0.407 e. The molecule has 3 rings (SSSR count). The van der Waals surface area contributed by atoms with Crippen LogP contribution in [0.2, 0.25) is 0 Å². The van der Waals surface area contributed by atoms with Crippen molar-refractivity contribution in [3.63, 3.8) is 0 Å². The molecule has 9 atom stereocenters. The number of ether oxygens (including phenoxy) is 4. The number of imide groups is 1. The van der Waals surface area contributed by atoms with Crippen molar-refractivity contribution in [1.82, 2.24) is 35.6 Å². The molecule has 0 aliphatic carbocycles. The molecule has 1 saturated heterocycles. The van der Waals surface area contributed by atoms with E-state index in [0.29, 0.717) is 19.4 Å². The van der Waals surface area contributed by atoms with Crippen LogP contribution in [0.1, 0.15) is 86.6 Å². The molecular weight excluding hydrogens is 901 g/mol. The number of amidine groups is 1. The van der Waals surface area contributed by atoms with Gasteiger partial charge in [0.15, 0.2) is 0 Å². The van der Waals surface area contributed by atoms with Gasteiger partial charge in [0.2, 0.25) is 23.6 Å². The summed E-state index contributed by atoms with van der Waals surface area (Å²) in [6.45, 7) is 16.3. The normalized spacial score (nSPS) is 18.5. The summed E-state index contributed by atoms with van der Waals surface area (Å²) in [5.74, 6) is -1.97. The van der Waals surface area contributed by atoms with E-state index < -0.39 is 78.1 Å². The van der Waals surface area contributed by atoms with Gasteiger partial charge >= 0.3 is 6.09 Å². The van der Waals surface area contributed by atoms with Gasteiger partial charge in [0.05, 0.1) is 62.4 Å². The molecule has 0 unspecified atom stereocenters. The molecule has 1 aromatic rings. The minimum Gasteiger partial charge on any atom is -0.447 e. The Morgan fingerprint density at radius 1 is 0.871 bits per heavy atom. The number of nitrogens with zero attached hydrogens (tertiary/aromatic N) is 5. The van der Waals surface area contributed by atoms with Crippen LogP contribution in [-0.2, 0) is 54.1 Å². The fourth-order valence-electron chi connectivity index (χ4n) is 9.06. The van der Waals surface area contributed by atoms with E-state index in [4.69, 9.17) is 23.9 Å². The first-order chi connectivity index (χ1) is 33.2. The summed E-state index contributed by atoms with van der Waals surface area (Å²) in [4.78, 5) is 104. The molecule has 2 aliphatic heterocycles. The van der Waals surface area contributed by atoms with E-state index >= 15 is 0 Å². The number of carbonyl (C=O) groups excluding carboxylic acids is 7. The predicted molar refractivity (Wildman–Crippen MR) is 266 cm³/mol. The minimum atomic E-state index is -1.01. The van der Waals surface area contributed by atoms with Gasteiger partial charge in [-0.2, -0.15) is 0 Å². The summed E-state index contributed by atoms with van der Waals surface area (Å²) < 4.78 is 22.8. The summed E-state index contributed by atoms with van der Waals surface area (Å²) in [6.07, 6.45) is 2.52. The monoisotopic (exact) mass is 983 g/mol. The molecular formula is C51H82N8O11. The summed E-state index contributed by atoms with van der Waals surface area (Å²) in [5, 5.41) is 8.34. The van der Waals surface area contributed by atoms with Crippen molar-refractivity contribution in [1.29, 1.82) is 0 Å². The van der Waals surface area contributed by atoms with Crippen molar-refractivity contribution >= 4 is 47.4 Å². The average molecular weight is 983 g/mol. The highest BCUT2D eigenvalue weighted by molar-refractivity contribution is 6.12. The lowest BCUT2D eigenvalue weighted by Crippen LogP contribution is -2.56. The zero-order valence-corrected chi connectivity index (χ0v) is 43.9. The molecule has 70 heavy (non-hydrogen) atoms. The van der Waals surface area contributed by atoms with E-state index in [0.717, 1.165) is 22.7 Å². The molecule has 3 N–H and O–H groups in total. The minimum absolute atomic E-state index is 0.00378. The molecule has 1 fully saturated rings. The maximum atomic E-state index is 14.4. The van der Waals surface area contributed by atoms with Gasteiger partial charge in [0.1, 0.15) is 24.5 Å². The highest BCUT2D eigenvalue weighted by atomic mass is 16.5. The van der Waals surface area contributed by atoms with E-state index in [-0.39, 0.29) is 75.3 Å². The molecule has 0 spiro atoms. The van der Waals surface area contributed by atoms with Gasteiger partial charge in [-0.05, 0) is 37.2 Å². The van der Waals surface area contributed by atoms with Gasteiger partial charge in [0, 0.05) is 72.9 Å². The number of aliphatic imine (C=N–C) groups is 1. The molecule has 0 saturated carbocycles. The first kappa shape index (κ1) is 58.9. The van der Waals surface area contributed by atoms with Gasteiger partial charge in [-0.25, -0.2) is 4.79 Å². The van der Waals surface area contributed by atoms with Crippen LogP contribution < -0.4 is 16.0 Å². The van der Waals surface area contributed by atoms with E-state index in [1.807, 2.05) is 63.2 Å². The van der Waals surface area contributed by atoms with E-state index in [2.05, 4.69) is 43.6 Å². The first-order valence-electron chi connectivity index (χ1n) is 24.7. The van der Waals surface area contributed by atoms with Gasteiger partial charge < -0.3 is 49.6 Å². The third kappa shape index (κ3) is 17.2. The molecule has 19 heteroatoms. The first-order valence-corrected chi connectivity index (χ1v) is 24.7. The van der Waals surface area contributed by atoms with E-state index in [9.17, 15) is 33.6 Å². The maximum Gasteiger partial charge on any atom is 0.407 e. The van der Waals surface area contributed by atoms with Gasteiger partial charge in [-0.15, -0.1) is 0 Å². The molecule has 0 bridgehead atoms. The van der Waals surface area contributed by atoms with Gasteiger partial charge in [0.25, 0.3) is 11.8 Å². The number of hydrogen-bond acceptors (Lipinski definition) is 12. The lowest BCUT2D eigenvalue weighted by atomic mass is 9.89. The number of benzene rings is 1. The van der Waals surface area contributed by atoms with Crippen molar-refractivity contribution < 1.29 is 52.5 Å². The quantitative estimate of drug-likeness (QED) is 0.0477. The Morgan fingerprint density at radius 2 is 1.53 bits per heavy atom. The third-order valence-corrected chi connectivity index (χ3v) is 13.0. The zero-order valence-electron chi connectivity index (χ0n) is 43.9. The number of rotatable bonds is 28. The summed E-state index contributed by atoms with van der Waals surface area (Å²) in [5.41, 5.74) is 0.810. The van der Waals surface area contributed by atoms with Crippen molar-refractivity contribution in [2.75, 3.05) is 74.8 Å². The number of nitrogens with one attached hydrogen (secondary N) is 3. The Labute approximate surface area is 415 Å². The molecule has 2 aliphatic rings. The number of amides is 7. The molecule has 0 aromatic heterocycles. The second-order valence-corrected chi connectivity index (χ2v) is 19.3. The Morgan fingerprint density at radius 3 is 2.10 bits per heavy atom. The van der Waals surface area contributed by atoms with Crippen LogP contribution in [0.15, 0.2) is 47.5 Å². The lowest BCUT2D eigenvalue weighted by molar-refractivity contribution is -0.146. The van der Waals surface area contributed by atoms with Crippen LogP contribution in [0.4, 0.5) is 4.79 Å². The lowest BCUT2D eigenvalue weighted by Gasteiger charge is -2.40. The summed E-state index contributed by atoms with van der Waals surface area (Å²) in [7, 11) is 8.71. The van der Waals surface area contributed by atoms with Crippen molar-refractivity contribution in [2.45, 2.75) is 130 Å². The molecule has 1 aromatic carbocycles. The number of methoxy groups -OCH3 is 2. The Bertz CT molecular complexity index is 1920. The fraction of sp³-hybridized carbons (Fsp3) is 0.686. The largest absolute Gasteiger partial charge is 0.447 e. The standard InChI is InChI=1S/C51H82N8O11/c1-14-34(6)45(57(11)50(65)44(32(2)3)55-47(33(4)5)56(9)10)40(67-12)30-43(62)58-25-18-21-39(58)46(68-13)36(8)48(63)54-38(29-37-19-16-15-17-20-37)49(64)53-35(7)31-70-51(66)52-24-27-69-28-26-59-41(60)22-23-42(59)61/h15-17,19-20,22-23,32-36,38-40,44-46H,14,18,21,24-31H2,1-13H3,(H,52,66)(H,53,64)(H,54,63)/t34-,35-,36+,38-,39-,40+,44-,45-,46+/m0/s1. The number of alkyl carbamates (subject to hydrolysis) is 1. The number of likely N-dealkylation sites (N-methyl/N-ethyl adjacent to an activating group) is 1. The highest BCUT2D eigenvalue weighted by Crippen LogP contribution is 2.30. The molecule has 2 heterocycles. The van der Waals surface area contributed by atoms with Crippen LogP contribution in [0, 0.1) is 23.7 Å². The van der Waals surface area contributed by atoms with Crippen molar-refractivity contribution in [3.05, 3.63) is 48.0 Å². The van der Waals surface area contributed by atoms with Crippen LogP contribution in [0.3, 0.4) is 0 Å². The molecule has 19 nitrogen and oxygen atoms in total. The molecule has 7 amide bonds. The van der Waals surface area contributed by atoms with Gasteiger partial charge in [-0.3, -0.25) is 38.7 Å². The SMILES string of the molecule is CC[C@H](C)[C@@H]([C@@H](CC(=O)N1CCC[C@H]1[C@H](OC)[C@@H](C)C(=O)N[C@@H](Cc1ccccc1)C(=O)N[C@@H](C)COC(=O)NCCOCCN1C(=O)C=CC1=O)OC)N(C)C(=O)[C@@H](N=C(C(C)C)N(C)C)C(C)C. The van der Waals surface area contributed by atoms with Crippen molar-refractivity contribution in [3.8, 4) is 0 Å². The number of likely N-dealkylation sites (tertiary alicyclic amines) is 1. The second kappa shape index (κ2) is 29.1. The van der Waals surface area contributed by atoms with Gasteiger partial charge in [-0.1, -0.05) is 85.2 Å². The van der Waals surface area contributed by atoms with Crippen LogP contribution >= 0.6 is 0 Å². The zero-order chi connectivity index (χ0) is 52.2. The predicted octanol–water partition coefficient (Wildman–Crippen LogP) is 3.45. The van der Waals surface area contributed by atoms with Crippen molar-refractivity contribution in [2.24, 2.45) is 28.7 Å². The van der Waals surface area contributed by atoms with E-state index in [1.165, 1.54) is 19.3 Å². The summed E-state index contributed by atoms with van der Waals surface area (Å²) in [6, 6.07) is 6.11. The second-order valence-electron chi connectivity index (χ2n) is 19.3. The van der Waals surface area contributed by atoms with Crippen LogP contribution in [0.5, 0.6) is 0 Å². The molecule has 392 valence electrons.